The second-order valence-corrected chi connectivity index (χ2v) is 4.54. The molecular weight excluding hydrogens is 255 g/mol. The fraction of sp³-hybridized carbons (Fsp3) is 0.600. The fourth-order valence-corrected chi connectivity index (χ4v) is 2.09. The average Bonchev–Trinajstić information content (AvgIpc) is 2.28. The maximum atomic E-state index is 12.5. The van der Waals surface area contributed by atoms with Crippen molar-refractivity contribution in [2.75, 3.05) is 18.0 Å². The van der Waals surface area contributed by atoms with Crippen LogP contribution in [0.4, 0.5) is 19.1 Å². The lowest BCUT2D eigenvalue weighted by atomic mass is 10.1. The molecule has 7 heteroatoms. The molecule has 1 atom stereocenters. The summed E-state index contributed by atoms with van der Waals surface area (Å²) in [6.07, 6.45) is -1.60. The first-order valence-corrected chi connectivity index (χ1v) is 5.70. The highest BCUT2D eigenvalue weighted by molar-refractivity contribution is 6.21. The molecule has 1 saturated heterocycles. The average molecular weight is 266 g/mol. The van der Waals surface area contributed by atoms with Crippen LogP contribution in [0.15, 0.2) is 12.3 Å². The van der Waals surface area contributed by atoms with E-state index in [4.69, 9.17) is 11.6 Å². The van der Waals surface area contributed by atoms with Gasteiger partial charge in [0.25, 0.3) is 0 Å². The van der Waals surface area contributed by atoms with Crippen LogP contribution in [0.5, 0.6) is 0 Å². The molecule has 0 aliphatic carbocycles. The molecule has 1 aromatic rings. The number of anilines is 1. The molecule has 0 bridgehead atoms. The first-order chi connectivity index (χ1) is 7.97. The summed E-state index contributed by atoms with van der Waals surface area (Å²) in [7, 11) is 0. The van der Waals surface area contributed by atoms with Crippen molar-refractivity contribution in [3.05, 3.63) is 18.0 Å². The van der Waals surface area contributed by atoms with Gasteiger partial charge in [-0.15, -0.1) is 11.6 Å². The predicted molar refractivity (Wildman–Crippen MR) is 58.1 cm³/mol. The van der Waals surface area contributed by atoms with Crippen LogP contribution in [0.1, 0.15) is 18.5 Å². The third-order valence-electron chi connectivity index (χ3n) is 2.58. The van der Waals surface area contributed by atoms with Gasteiger partial charge in [-0.25, -0.2) is 9.97 Å². The summed E-state index contributed by atoms with van der Waals surface area (Å²) in [6.45, 7) is 1.13. The van der Waals surface area contributed by atoms with Crippen LogP contribution in [0.3, 0.4) is 0 Å². The molecule has 0 radical (unpaired) electrons. The van der Waals surface area contributed by atoms with E-state index >= 15 is 0 Å². The molecule has 94 valence electrons. The van der Waals surface area contributed by atoms with Crippen molar-refractivity contribution < 1.29 is 13.2 Å². The van der Waals surface area contributed by atoms with Gasteiger partial charge in [-0.3, -0.25) is 0 Å². The zero-order valence-corrected chi connectivity index (χ0v) is 9.67. The van der Waals surface area contributed by atoms with E-state index in [1.54, 1.807) is 4.90 Å². The number of hydrogen-bond acceptors (Lipinski definition) is 3. The van der Waals surface area contributed by atoms with Crippen molar-refractivity contribution in [1.29, 1.82) is 0 Å². The normalized spacial score (nSPS) is 21.6. The Kier molecular flexibility index (Phi) is 3.42. The summed E-state index contributed by atoms with van der Waals surface area (Å²) >= 11 is 5.97. The Morgan fingerprint density at radius 3 is 2.82 bits per heavy atom. The third-order valence-corrected chi connectivity index (χ3v) is 2.94. The minimum atomic E-state index is -4.44. The van der Waals surface area contributed by atoms with E-state index in [9.17, 15) is 13.2 Å². The van der Waals surface area contributed by atoms with Crippen molar-refractivity contribution in [3.8, 4) is 0 Å². The van der Waals surface area contributed by atoms with Gasteiger partial charge in [-0.2, -0.15) is 13.2 Å². The summed E-state index contributed by atoms with van der Waals surface area (Å²) in [4.78, 5) is 9.09. The maximum Gasteiger partial charge on any atom is 0.433 e. The van der Waals surface area contributed by atoms with E-state index in [1.165, 1.54) is 0 Å². The molecular formula is C10H11ClF3N3. The van der Waals surface area contributed by atoms with Crippen LogP contribution < -0.4 is 4.90 Å². The Morgan fingerprint density at radius 2 is 2.18 bits per heavy atom. The molecule has 1 aromatic heterocycles. The van der Waals surface area contributed by atoms with Crippen LogP contribution in [0.25, 0.3) is 0 Å². The van der Waals surface area contributed by atoms with Gasteiger partial charge in [-0.05, 0) is 18.9 Å². The lowest BCUT2D eigenvalue weighted by Crippen LogP contribution is -2.37. The number of halogens is 4. The highest BCUT2D eigenvalue weighted by atomic mass is 35.5. The van der Waals surface area contributed by atoms with Crippen LogP contribution in [0.2, 0.25) is 0 Å². The number of alkyl halides is 4. The van der Waals surface area contributed by atoms with Crippen LogP contribution in [-0.2, 0) is 6.18 Å². The van der Waals surface area contributed by atoms with E-state index in [0.29, 0.717) is 13.1 Å². The zero-order valence-electron chi connectivity index (χ0n) is 8.91. The van der Waals surface area contributed by atoms with Crippen LogP contribution in [0, 0.1) is 0 Å². The molecule has 1 fully saturated rings. The van der Waals surface area contributed by atoms with E-state index in [1.807, 2.05) is 0 Å². The summed E-state index contributed by atoms with van der Waals surface area (Å²) in [5.74, 6) is 0.102. The SMILES string of the molecule is FC(F)(F)c1ccnc(N2CCCC(Cl)C2)n1. The molecule has 2 heterocycles. The Bertz CT molecular complexity index is 397. The smallest absolute Gasteiger partial charge is 0.339 e. The largest absolute Gasteiger partial charge is 0.433 e. The second kappa shape index (κ2) is 4.68. The molecule has 0 saturated carbocycles. The zero-order chi connectivity index (χ0) is 12.5. The molecule has 3 nitrogen and oxygen atoms in total. The fourth-order valence-electron chi connectivity index (χ4n) is 1.77. The van der Waals surface area contributed by atoms with Crippen molar-refractivity contribution in [3.63, 3.8) is 0 Å². The van der Waals surface area contributed by atoms with Gasteiger partial charge in [0.1, 0.15) is 5.69 Å². The predicted octanol–water partition coefficient (Wildman–Crippen LogP) is 2.70. The van der Waals surface area contributed by atoms with Crippen molar-refractivity contribution >= 4 is 17.5 Å². The monoisotopic (exact) mass is 265 g/mol. The van der Waals surface area contributed by atoms with Gasteiger partial charge < -0.3 is 4.90 Å². The molecule has 0 spiro atoms. The minimum Gasteiger partial charge on any atom is -0.339 e. The standard InChI is InChI=1S/C10H11ClF3N3/c11-7-2-1-5-17(6-7)9-15-4-3-8(16-9)10(12,13)14/h3-4,7H,1-2,5-6H2. The van der Waals surface area contributed by atoms with E-state index in [0.717, 1.165) is 25.1 Å². The van der Waals surface area contributed by atoms with Crippen LogP contribution in [-0.4, -0.2) is 28.4 Å². The topological polar surface area (TPSA) is 29.0 Å². The summed E-state index contributed by atoms with van der Waals surface area (Å²) in [5, 5.41) is -0.0538. The lowest BCUT2D eigenvalue weighted by Gasteiger charge is -2.29. The number of rotatable bonds is 1. The van der Waals surface area contributed by atoms with Crippen molar-refractivity contribution in [2.24, 2.45) is 0 Å². The highest BCUT2D eigenvalue weighted by Crippen LogP contribution is 2.28. The molecule has 2 rings (SSSR count). The molecule has 0 amide bonds. The van der Waals surface area contributed by atoms with Gasteiger partial charge in [0.05, 0.1) is 5.38 Å². The molecule has 1 unspecified atom stereocenters. The van der Waals surface area contributed by atoms with E-state index < -0.39 is 11.9 Å². The Hall–Kier alpha value is -1.04. The Morgan fingerprint density at radius 1 is 1.41 bits per heavy atom. The van der Waals surface area contributed by atoms with E-state index in [2.05, 4.69) is 9.97 Å². The molecule has 1 aliphatic heterocycles. The summed E-state index contributed by atoms with van der Waals surface area (Å²) in [6, 6.07) is 0.867. The number of nitrogens with zero attached hydrogens (tertiary/aromatic N) is 3. The van der Waals surface area contributed by atoms with Gasteiger partial charge in [-0.1, -0.05) is 0 Å². The van der Waals surface area contributed by atoms with Gasteiger partial charge in [0.15, 0.2) is 0 Å². The molecule has 0 aromatic carbocycles. The summed E-state index contributed by atoms with van der Waals surface area (Å²) < 4.78 is 37.4. The van der Waals surface area contributed by atoms with Gasteiger partial charge in [0.2, 0.25) is 5.95 Å². The summed E-state index contributed by atoms with van der Waals surface area (Å²) in [5.41, 5.74) is -0.917. The highest BCUT2D eigenvalue weighted by Gasteiger charge is 2.33. The Balaban J connectivity index is 2.21. The quantitative estimate of drug-likeness (QED) is 0.731. The molecule has 0 N–H and O–H groups in total. The lowest BCUT2D eigenvalue weighted by molar-refractivity contribution is -0.141. The Labute approximate surface area is 102 Å². The van der Waals surface area contributed by atoms with Gasteiger partial charge >= 0.3 is 6.18 Å². The van der Waals surface area contributed by atoms with Crippen molar-refractivity contribution in [1.82, 2.24) is 9.97 Å². The first-order valence-electron chi connectivity index (χ1n) is 5.26. The second-order valence-electron chi connectivity index (χ2n) is 3.93. The number of piperidine rings is 1. The maximum absolute atomic E-state index is 12.5. The van der Waals surface area contributed by atoms with Crippen LogP contribution >= 0.6 is 11.6 Å². The van der Waals surface area contributed by atoms with Crippen molar-refractivity contribution in [2.45, 2.75) is 24.4 Å². The first kappa shape index (κ1) is 12.4. The van der Waals surface area contributed by atoms with E-state index in [-0.39, 0.29) is 11.3 Å². The third kappa shape index (κ3) is 3.00. The molecule has 17 heavy (non-hydrogen) atoms. The number of hydrogen-bond donors (Lipinski definition) is 0. The minimum absolute atomic E-state index is 0.0538. The van der Waals surface area contributed by atoms with Gasteiger partial charge in [0, 0.05) is 19.3 Å². The number of aromatic nitrogens is 2. The molecule has 1 aliphatic rings.